The molecule has 0 radical (unpaired) electrons. The zero-order valence-corrected chi connectivity index (χ0v) is 13.3. The van der Waals surface area contributed by atoms with Crippen molar-refractivity contribution in [3.63, 3.8) is 0 Å². The molecule has 6 nitrogen and oxygen atoms in total. The number of methoxy groups -OCH3 is 2. The molecule has 0 saturated carbocycles. The van der Waals surface area contributed by atoms with E-state index in [1.165, 1.54) is 4.68 Å². The van der Waals surface area contributed by atoms with E-state index in [-0.39, 0.29) is 5.56 Å². The highest BCUT2D eigenvalue weighted by Gasteiger charge is 2.11. The van der Waals surface area contributed by atoms with E-state index in [0.717, 1.165) is 17.8 Å². The average molecular weight is 303 g/mol. The molecule has 2 aromatic rings. The number of benzene rings is 1. The highest BCUT2D eigenvalue weighted by atomic mass is 16.5. The van der Waals surface area contributed by atoms with Crippen molar-refractivity contribution in [1.82, 2.24) is 15.1 Å². The first-order valence-electron chi connectivity index (χ1n) is 7.11. The highest BCUT2D eigenvalue weighted by Crippen LogP contribution is 2.31. The molecule has 0 bridgehead atoms. The van der Waals surface area contributed by atoms with Crippen molar-refractivity contribution in [2.24, 2.45) is 7.05 Å². The molecule has 0 amide bonds. The standard InChI is InChI=1S/C16H21N3O3/c1-5-17-10-12-8-13(18-19(2)16(12)20)11-6-7-14(21-3)15(9-11)22-4/h6-9,17H,5,10H2,1-4H3. The van der Waals surface area contributed by atoms with Gasteiger partial charge in [-0.25, -0.2) is 4.68 Å². The summed E-state index contributed by atoms with van der Waals surface area (Å²) in [6, 6.07) is 7.38. The molecule has 6 heteroatoms. The predicted molar refractivity (Wildman–Crippen MR) is 85.4 cm³/mol. The molecule has 22 heavy (non-hydrogen) atoms. The number of hydrogen-bond acceptors (Lipinski definition) is 5. The lowest BCUT2D eigenvalue weighted by Gasteiger charge is -2.11. The summed E-state index contributed by atoms with van der Waals surface area (Å²) in [5, 5.41) is 7.49. The lowest BCUT2D eigenvalue weighted by Crippen LogP contribution is -2.27. The Labute approximate surface area is 129 Å². The van der Waals surface area contributed by atoms with Gasteiger partial charge in [-0.3, -0.25) is 4.79 Å². The van der Waals surface area contributed by atoms with Gasteiger partial charge >= 0.3 is 0 Å². The molecule has 0 atom stereocenters. The van der Waals surface area contributed by atoms with E-state index in [0.29, 0.717) is 23.6 Å². The molecule has 1 heterocycles. The number of aryl methyl sites for hydroxylation is 1. The Hall–Kier alpha value is -2.34. The van der Waals surface area contributed by atoms with Crippen LogP contribution in [0.25, 0.3) is 11.3 Å². The smallest absolute Gasteiger partial charge is 0.271 e. The van der Waals surface area contributed by atoms with Crippen LogP contribution in [-0.4, -0.2) is 30.5 Å². The summed E-state index contributed by atoms with van der Waals surface area (Å²) in [6.45, 7) is 3.32. The van der Waals surface area contributed by atoms with E-state index < -0.39 is 0 Å². The monoisotopic (exact) mass is 303 g/mol. The third-order valence-corrected chi connectivity index (χ3v) is 3.38. The summed E-state index contributed by atoms with van der Waals surface area (Å²) in [5.41, 5.74) is 2.18. The zero-order valence-electron chi connectivity index (χ0n) is 13.3. The van der Waals surface area contributed by atoms with Crippen LogP contribution in [0.3, 0.4) is 0 Å². The van der Waals surface area contributed by atoms with Crippen LogP contribution in [0.15, 0.2) is 29.1 Å². The van der Waals surface area contributed by atoms with Crippen molar-refractivity contribution < 1.29 is 9.47 Å². The minimum absolute atomic E-state index is 0.0924. The SMILES string of the molecule is CCNCc1cc(-c2ccc(OC)c(OC)c2)nn(C)c1=O. The first-order valence-corrected chi connectivity index (χ1v) is 7.11. The molecule has 0 saturated heterocycles. The Kier molecular flexibility index (Phi) is 5.16. The van der Waals surface area contributed by atoms with E-state index in [1.54, 1.807) is 21.3 Å². The average Bonchev–Trinajstić information content (AvgIpc) is 2.55. The fourth-order valence-electron chi connectivity index (χ4n) is 2.19. The Morgan fingerprint density at radius 1 is 1.18 bits per heavy atom. The minimum Gasteiger partial charge on any atom is -0.493 e. The van der Waals surface area contributed by atoms with Crippen LogP contribution in [0.2, 0.25) is 0 Å². The molecule has 0 aliphatic carbocycles. The van der Waals surface area contributed by atoms with Gasteiger partial charge < -0.3 is 14.8 Å². The van der Waals surface area contributed by atoms with Gasteiger partial charge in [-0.05, 0) is 30.8 Å². The molecule has 0 unspecified atom stereocenters. The molecular formula is C16H21N3O3. The molecule has 0 spiro atoms. The maximum Gasteiger partial charge on any atom is 0.271 e. The lowest BCUT2D eigenvalue weighted by atomic mass is 10.1. The van der Waals surface area contributed by atoms with Crippen LogP contribution in [-0.2, 0) is 13.6 Å². The number of hydrogen-bond donors (Lipinski definition) is 1. The van der Waals surface area contributed by atoms with Crippen LogP contribution in [0.1, 0.15) is 12.5 Å². The van der Waals surface area contributed by atoms with Crippen molar-refractivity contribution in [2.45, 2.75) is 13.5 Å². The topological polar surface area (TPSA) is 65.4 Å². The molecule has 1 aromatic heterocycles. The summed E-state index contributed by atoms with van der Waals surface area (Å²) >= 11 is 0. The molecule has 0 aliphatic rings. The second-order valence-electron chi connectivity index (χ2n) is 4.83. The van der Waals surface area contributed by atoms with E-state index in [2.05, 4.69) is 10.4 Å². The van der Waals surface area contributed by atoms with Crippen LogP contribution >= 0.6 is 0 Å². The molecule has 0 fully saturated rings. The number of nitrogens with zero attached hydrogens (tertiary/aromatic N) is 2. The van der Waals surface area contributed by atoms with E-state index in [9.17, 15) is 4.79 Å². The number of aromatic nitrogens is 2. The van der Waals surface area contributed by atoms with E-state index in [4.69, 9.17) is 9.47 Å². The minimum atomic E-state index is -0.0924. The fraction of sp³-hybridized carbons (Fsp3) is 0.375. The second kappa shape index (κ2) is 7.09. The van der Waals surface area contributed by atoms with Crippen molar-refractivity contribution >= 4 is 0 Å². The van der Waals surface area contributed by atoms with Crippen LogP contribution < -0.4 is 20.3 Å². The quantitative estimate of drug-likeness (QED) is 0.877. The van der Waals surface area contributed by atoms with E-state index >= 15 is 0 Å². The zero-order chi connectivity index (χ0) is 16.1. The van der Waals surface area contributed by atoms with Crippen LogP contribution in [0.5, 0.6) is 11.5 Å². The van der Waals surface area contributed by atoms with Crippen molar-refractivity contribution in [3.05, 3.63) is 40.2 Å². The Morgan fingerprint density at radius 2 is 1.91 bits per heavy atom. The molecule has 1 aromatic carbocycles. The van der Waals surface area contributed by atoms with Gasteiger partial charge in [-0.2, -0.15) is 5.10 Å². The fourth-order valence-corrected chi connectivity index (χ4v) is 2.19. The largest absolute Gasteiger partial charge is 0.493 e. The molecule has 0 aliphatic heterocycles. The normalized spacial score (nSPS) is 10.5. The third kappa shape index (κ3) is 3.28. The molecule has 118 valence electrons. The number of rotatable bonds is 6. The maximum atomic E-state index is 12.1. The van der Waals surface area contributed by atoms with Gasteiger partial charge in [0.05, 0.1) is 19.9 Å². The van der Waals surface area contributed by atoms with Gasteiger partial charge in [-0.1, -0.05) is 6.92 Å². The second-order valence-corrected chi connectivity index (χ2v) is 4.83. The van der Waals surface area contributed by atoms with Gasteiger partial charge in [0.2, 0.25) is 0 Å². The molecular weight excluding hydrogens is 282 g/mol. The van der Waals surface area contributed by atoms with Gasteiger partial charge in [0.25, 0.3) is 5.56 Å². The van der Waals surface area contributed by atoms with Crippen molar-refractivity contribution in [3.8, 4) is 22.8 Å². The van der Waals surface area contributed by atoms with Crippen molar-refractivity contribution in [1.29, 1.82) is 0 Å². The van der Waals surface area contributed by atoms with E-state index in [1.807, 2.05) is 31.2 Å². The van der Waals surface area contributed by atoms with Gasteiger partial charge in [0.15, 0.2) is 11.5 Å². The third-order valence-electron chi connectivity index (χ3n) is 3.38. The lowest BCUT2D eigenvalue weighted by molar-refractivity contribution is 0.355. The predicted octanol–water partition coefficient (Wildman–Crippen LogP) is 1.57. The first-order chi connectivity index (χ1) is 10.6. The van der Waals surface area contributed by atoms with Crippen LogP contribution in [0.4, 0.5) is 0 Å². The molecule has 2 rings (SSSR count). The van der Waals surface area contributed by atoms with Crippen molar-refractivity contribution in [2.75, 3.05) is 20.8 Å². The first kappa shape index (κ1) is 16.0. The molecule has 1 N–H and O–H groups in total. The Balaban J connectivity index is 2.48. The van der Waals surface area contributed by atoms with Gasteiger partial charge in [0.1, 0.15) is 0 Å². The maximum absolute atomic E-state index is 12.1. The Bertz CT molecular complexity index is 710. The van der Waals surface area contributed by atoms with Gasteiger partial charge in [0, 0.05) is 24.7 Å². The highest BCUT2D eigenvalue weighted by molar-refractivity contribution is 5.64. The summed E-state index contributed by atoms with van der Waals surface area (Å²) in [7, 11) is 4.84. The summed E-state index contributed by atoms with van der Waals surface area (Å²) in [4.78, 5) is 12.1. The summed E-state index contributed by atoms with van der Waals surface area (Å²) in [6.07, 6.45) is 0. The number of nitrogens with one attached hydrogen (secondary N) is 1. The number of ether oxygens (including phenoxy) is 2. The van der Waals surface area contributed by atoms with Gasteiger partial charge in [-0.15, -0.1) is 0 Å². The van der Waals surface area contributed by atoms with Crippen LogP contribution in [0, 0.1) is 0 Å². The Morgan fingerprint density at radius 3 is 2.55 bits per heavy atom. The summed E-state index contributed by atoms with van der Waals surface area (Å²) in [5.74, 6) is 1.29. The summed E-state index contributed by atoms with van der Waals surface area (Å²) < 4.78 is 11.9.